The van der Waals surface area contributed by atoms with E-state index in [0.29, 0.717) is 5.56 Å². The molecule has 0 bridgehead atoms. The standard InChI is InChI=1S/C12H12N2O3/c1-2-17-12(16)11(15)14-8-10-5-3-4-9(6-10)7-13/h3-6H,2,8H2,1H3,(H,14,15). The summed E-state index contributed by atoms with van der Waals surface area (Å²) in [5.74, 6) is -1.68. The maximum Gasteiger partial charge on any atom is 0.396 e. The minimum Gasteiger partial charge on any atom is -0.459 e. The normalized spacial score (nSPS) is 9.18. The Labute approximate surface area is 99.0 Å². The number of nitrogens with one attached hydrogen (secondary N) is 1. The number of ether oxygens (including phenoxy) is 1. The van der Waals surface area contributed by atoms with Gasteiger partial charge in [0.05, 0.1) is 18.2 Å². The number of amides is 1. The zero-order chi connectivity index (χ0) is 12.7. The molecule has 5 nitrogen and oxygen atoms in total. The lowest BCUT2D eigenvalue weighted by molar-refractivity contribution is -0.154. The Balaban J connectivity index is 2.53. The van der Waals surface area contributed by atoms with Crippen molar-refractivity contribution in [1.82, 2.24) is 5.32 Å². The fourth-order valence-electron chi connectivity index (χ4n) is 1.20. The lowest BCUT2D eigenvalue weighted by Crippen LogP contribution is -2.32. The Morgan fingerprint density at radius 1 is 1.47 bits per heavy atom. The molecule has 0 fully saturated rings. The van der Waals surface area contributed by atoms with Crippen molar-refractivity contribution in [2.75, 3.05) is 6.61 Å². The van der Waals surface area contributed by atoms with Gasteiger partial charge in [0.25, 0.3) is 0 Å². The first-order valence-corrected chi connectivity index (χ1v) is 5.11. The molecule has 0 saturated heterocycles. The number of nitrogens with zero attached hydrogens (tertiary/aromatic N) is 1. The SMILES string of the molecule is CCOC(=O)C(=O)NCc1cccc(C#N)c1. The van der Waals surface area contributed by atoms with Gasteiger partial charge in [-0.05, 0) is 24.6 Å². The van der Waals surface area contributed by atoms with E-state index in [1.54, 1.807) is 31.2 Å². The van der Waals surface area contributed by atoms with E-state index in [1.165, 1.54) is 0 Å². The summed E-state index contributed by atoms with van der Waals surface area (Å²) in [5, 5.41) is 11.1. The highest BCUT2D eigenvalue weighted by Gasteiger charge is 2.13. The first kappa shape index (κ1) is 12.7. The van der Waals surface area contributed by atoms with Gasteiger partial charge in [-0.25, -0.2) is 4.79 Å². The van der Waals surface area contributed by atoms with Crippen LogP contribution in [0.25, 0.3) is 0 Å². The first-order chi connectivity index (χ1) is 8.17. The molecule has 0 radical (unpaired) electrons. The fourth-order valence-corrected chi connectivity index (χ4v) is 1.20. The van der Waals surface area contributed by atoms with Crippen LogP contribution in [0.4, 0.5) is 0 Å². The molecular weight excluding hydrogens is 220 g/mol. The van der Waals surface area contributed by atoms with Crippen molar-refractivity contribution in [3.63, 3.8) is 0 Å². The van der Waals surface area contributed by atoms with Crippen molar-refractivity contribution in [2.24, 2.45) is 0 Å². The van der Waals surface area contributed by atoms with Crippen molar-refractivity contribution >= 4 is 11.9 Å². The highest BCUT2D eigenvalue weighted by atomic mass is 16.5. The van der Waals surface area contributed by atoms with Gasteiger partial charge in [-0.15, -0.1) is 0 Å². The molecule has 1 rings (SSSR count). The molecule has 0 spiro atoms. The van der Waals surface area contributed by atoms with E-state index in [0.717, 1.165) is 5.56 Å². The van der Waals surface area contributed by atoms with Crippen LogP contribution in [0.1, 0.15) is 18.1 Å². The second-order valence-corrected chi connectivity index (χ2v) is 3.22. The average Bonchev–Trinajstić information content (AvgIpc) is 2.36. The second kappa shape index (κ2) is 6.28. The van der Waals surface area contributed by atoms with Crippen molar-refractivity contribution in [1.29, 1.82) is 5.26 Å². The number of rotatable bonds is 3. The number of benzene rings is 1. The third kappa shape index (κ3) is 3.95. The third-order valence-corrected chi connectivity index (χ3v) is 1.97. The molecule has 0 atom stereocenters. The van der Waals surface area contributed by atoms with Gasteiger partial charge in [-0.3, -0.25) is 4.79 Å². The summed E-state index contributed by atoms with van der Waals surface area (Å²) < 4.78 is 4.53. The van der Waals surface area contributed by atoms with Crippen LogP contribution in [-0.4, -0.2) is 18.5 Å². The van der Waals surface area contributed by atoms with Gasteiger partial charge >= 0.3 is 11.9 Å². The van der Waals surface area contributed by atoms with Crippen LogP contribution < -0.4 is 5.32 Å². The zero-order valence-corrected chi connectivity index (χ0v) is 9.40. The molecule has 0 unspecified atom stereocenters. The van der Waals surface area contributed by atoms with E-state index >= 15 is 0 Å². The number of nitriles is 1. The van der Waals surface area contributed by atoms with Gasteiger partial charge in [0, 0.05) is 6.54 Å². The van der Waals surface area contributed by atoms with E-state index in [2.05, 4.69) is 10.1 Å². The molecule has 0 saturated carbocycles. The van der Waals surface area contributed by atoms with Crippen molar-refractivity contribution in [3.05, 3.63) is 35.4 Å². The van der Waals surface area contributed by atoms with Crippen molar-refractivity contribution < 1.29 is 14.3 Å². The summed E-state index contributed by atoms with van der Waals surface area (Å²) >= 11 is 0. The number of hydrogen-bond donors (Lipinski definition) is 1. The lowest BCUT2D eigenvalue weighted by Gasteiger charge is -2.04. The van der Waals surface area contributed by atoms with E-state index in [-0.39, 0.29) is 13.2 Å². The van der Waals surface area contributed by atoms with E-state index in [1.807, 2.05) is 6.07 Å². The molecule has 0 aliphatic heterocycles. The maximum atomic E-state index is 11.2. The predicted octanol–water partition coefficient (Wildman–Crippen LogP) is 0.738. The monoisotopic (exact) mass is 232 g/mol. The Morgan fingerprint density at radius 2 is 2.24 bits per heavy atom. The van der Waals surface area contributed by atoms with E-state index in [9.17, 15) is 9.59 Å². The number of carbonyl (C=O) groups is 2. The van der Waals surface area contributed by atoms with Gasteiger partial charge < -0.3 is 10.1 Å². The topological polar surface area (TPSA) is 79.2 Å². The highest BCUT2D eigenvalue weighted by molar-refractivity contribution is 6.32. The summed E-state index contributed by atoms with van der Waals surface area (Å²) in [7, 11) is 0. The Kier molecular flexibility index (Phi) is 4.70. The van der Waals surface area contributed by atoms with Gasteiger partial charge in [-0.2, -0.15) is 5.26 Å². The molecule has 17 heavy (non-hydrogen) atoms. The van der Waals surface area contributed by atoms with Crippen LogP contribution in [0.3, 0.4) is 0 Å². The summed E-state index contributed by atoms with van der Waals surface area (Å²) in [4.78, 5) is 22.2. The van der Waals surface area contributed by atoms with E-state index in [4.69, 9.17) is 5.26 Å². The number of hydrogen-bond acceptors (Lipinski definition) is 4. The zero-order valence-electron chi connectivity index (χ0n) is 9.40. The average molecular weight is 232 g/mol. The van der Waals surface area contributed by atoms with Crippen LogP contribution in [0, 0.1) is 11.3 Å². The Morgan fingerprint density at radius 3 is 2.88 bits per heavy atom. The highest BCUT2D eigenvalue weighted by Crippen LogP contribution is 2.03. The summed E-state index contributed by atoms with van der Waals surface area (Å²) in [6, 6.07) is 8.77. The largest absolute Gasteiger partial charge is 0.459 e. The summed E-state index contributed by atoms with van der Waals surface area (Å²) in [6.07, 6.45) is 0. The molecule has 0 aromatic heterocycles. The smallest absolute Gasteiger partial charge is 0.396 e. The number of carbonyl (C=O) groups excluding carboxylic acids is 2. The number of esters is 1. The third-order valence-electron chi connectivity index (χ3n) is 1.97. The Hall–Kier alpha value is -2.35. The molecule has 88 valence electrons. The molecule has 0 heterocycles. The first-order valence-electron chi connectivity index (χ1n) is 5.11. The predicted molar refractivity (Wildman–Crippen MR) is 59.6 cm³/mol. The second-order valence-electron chi connectivity index (χ2n) is 3.22. The van der Waals surface area contributed by atoms with Crippen molar-refractivity contribution in [2.45, 2.75) is 13.5 Å². The quantitative estimate of drug-likeness (QED) is 0.615. The van der Waals surface area contributed by atoms with Gasteiger partial charge in [-0.1, -0.05) is 12.1 Å². The van der Waals surface area contributed by atoms with Crippen LogP contribution in [-0.2, 0) is 20.9 Å². The molecule has 0 aliphatic carbocycles. The van der Waals surface area contributed by atoms with Gasteiger partial charge in [0.1, 0.15) is 0 Å². The van der Waals surface area contributed by atoms with Crippen molar-refractivity contribution in [3.8, 4) is 6.07 Å². The molecule has 0 aliphatic rings. The fraction of sp³-hybridized carbons (Fsp3) is 0.250. The van der Waals surface area contributed by atoms with Gasteiger partial charge in [0.15, 0.2) is 0 Å². The van der Waals surface area contributed by atoms with Crippen LogP contribution in [0.2, 0.25) is 0 Å². The maximum absolute atomic E-state index is 11.2. The van der Waals surface area contributed by atoms with Gasteiger partial charge in [0.2, 0.25) is 0 Å². The summed E-state index contributed by atoms with van der Waals surface area (Å²) in [5.41, 5.74) is 1.26. The minimum absolute atomic E-state index is 0.163. The molecule has 1 N–H and O–H groups in total. The molecule has 1 aromatic carbocycles. The molecule has 1 aromatic rings. The van der Waals surface area contributed by atoms with Crippen LogP contribution in [0.15, 0.2) is 24.3 Å². The van der Waals surface area contributed by atoms with E-state index < -0.39 is 11.9 Å². The minimum atomic E-state index is -0.899. The molecule has 5 heteroatoms. The summed E-state index contributed by atoms with van der Waals surface area (Å²) in [6.45, 7) is 1.98. The Bertz CT molecular complexity index is 463. The van der Waals surface area contributed by atoms with Crippen LogP contribution >= 0.6 is 0 Å². The lowest BCUT2D eigenvalue weighted by atomic mass is 10.1. The van der Waals surface area contributed by atoms with Crippen LogP contribution in [0.5, 0.6) is 0 Å². The molecule has 1 amide bonds. The molecular formula is C12H12N2O3.